The molecule has 0 spiro atoms. The Balaban J connectivity index is 1.89. The van der Waals surface area contributed by atoms with Gasteiger partial charge in [0.1, 0.15) is 6.54 Å². The van der Waals surface area contributed by atoms with Gasteiger partial charge in [-0.1, -0.05) is 35.3 Å². The fourth-order valence-electron chi connectivity index (χ4n) is 2.24. The van der Waals surface area contributed by atoms with Crippen molar-refractivity contribution in [1.29, 1.82) is 0 Å². The summed E-state index contributed by atoms with van der Waals surface area (Å²) in [6.07, 6.45) is 0.674. The number of anilines is 1. The first-order valence-corrected chi connectivity index (χ1v) is 8.26. The normalized spacial score (nSPS) is 10.3. The molecule has 24 heavy (non-hydrogen) atoms. The van der Waals surface area contributed by atoms with Crippen LogP contribution < -0.4 is 10.2 Å². The van der Waals surface area contributed by atoms with Gasteiger partial charge in [0.2, 0.25) is 11.8 Å². The molecule has 4 nitrogen and oxygen atoms in total. The van der Waals surface area contributed by atoms with Crippen molar-refractivity contribution in [1.82, 2.24) is 5.32 Å². The maximum absolute atomic E-state index is 12.1. The number of rotatable bonds is 6. The van der Waals surface area contributed by atoms with Crippen LogP contribution in [0, 0.1) is 0 Å². The lowest BCUT2D eigenvalue weighted by Gasteiger charge is -2.20. The smallest absolute Gasteiger partial charge is 0.240 e. The Labute approximate surface area is 151 Å². The fraction of sp³-hybridized carbons (Fsp3) is 0.222. The highest BCUT2D eigenvalue weighted by molar-refractivity contribution is 6.30. The zero-order valence-corrected chi connectivity index (χ0v) is 14.8. The number of carbonyl (C=O) groups is 2. The molecule has 0 bridgehead atoms. The third-order valence-corrected chi connectivity index (χ3v) is 3.93. The van der Waals surface area contributed by atoms with Crippen LogP contribution in [0.5, 0.6) is 0 Å². The summed E-state index contributed by atoms with van der Waals surface area (Å²) in [5, 5.41) is 4.06. The molecule has 126 valence electrons. The van der Waals surface area contributed by atoms with Crippen LogP contribution >= 0.6 is 23.2 Å². The van der Waals surface area contributed by atoms with Gasteiger partial charge in [-0.25, -0.2) is 0 Å². The molecule has 0 saturated heterocycles. The molecule has 0 aliphatic heterocycles. The molecule has 1 N–H and O–H groups in total. The van der Waals surface area contributed by atoms with Crippen molar-refractivity contribution < 1.29 is 9.59 Å². The van der Waals surface area contributed by atoms with Gasteiger partial charge >= 0.3 is 0 Å². The zero-order chi connectivity index (χ0) is 17.5. The maximum atomic E-state index is 12.1. The highest BCUT2D eigenvalue weighted by Gasteiger charge is 2.15. The average Bonchev–Trinajstić information content (AvgIpc) is 2.53. The van der Waals surface area contributed by atoms with E-state index in [1.54, 1.807) is 30.3 Å². The van der Waals surface area contributed by atoms with Crippen molar-refractivity contribution in [3.8, 4) is 0 Å². The first-order chi connectivity index (χ1) is 11.5. The van der Waals surface area contributed by atoms with E-state index in [2.05, 4.69) is 5.32 Å². The number of nitrogens with zero attached hydrogens (tertiary/aromatic N) is 1. The highest BCUT2D eigenvalue weighted by Crippen LogP contribution is 2.18. The average molecular weight is 365 g/mol. The minimum atomic E-state index is -0.220. The van der Waals surface area contributed by atoms with Crippen molar-refractivity contribution in [2.24, 2.45) is 0 Å². The van der Waals surface area contributed by atoms with Crippen LogP contribution in [0.2, 0.25) is 10.0 Å². The van der Waals surface area contributed by atoms with Crippen molar-refractivity contribution in [3.05, 3.63) is 64.1 Å². The van der Waals surface area contributed by atoms with Gasteiger partial charge in [-0.05, 0) is 48.4 Å². The highest BCUT2D eigenvalue weighted by atomic mass is 35.5. The van der Waals surface area contributed by atoms with Crippen LogP contribution in [0.1, 0.15) is 12.5 Å². The quantitative estimate of drug-likeness (QED) is 0.849. The van der Waals surface area contributed by atoms with E-state index in [4.69, 9.17) is 23.2 Å². The molecular weight excluding hydrogens is 347 g/mol. The molecule has 2 rings (SSSR count). The van der Waals surface area contributed by atoms with Gasteiger partial charge in [-0.2, -0.15) is 0 Å². The number of hydrogen-bond donors (Lipinski definition) is 1. The lowest BCUT2D eigenvalue weighted by molar-refractivity contribution is -0.123. The summed E-state index contributed by atoms with van der Waals surface area (Å²) in [7, 11) is 0. The molecule has 0 fully saturated rings. The monoisotopic (exact) mass is 364 g/mol. The number of nitrogens with one attached hydrogen (secondary N) is 1. The second-order valence-electron chi connectivity index (χ2n) is 5.31. The molecule has 6 heteroatoms. The van der Waals surface area contributed by atoms with E-state index in [1.165, 1.54) is 11.8 Å². The molecule has 0 atom stereocenters. The lowest BCUT2D eigenvalue weighted by atomic mass is 10.1. The molecular formula is C18H18Cl2N2O2. The maximum Gasteiger partial charge on any atom is 0.240 e. The van der Waals surface area contributed by atoms with Gasteiger partial charge in [-0.15, -0.1) is 0 Å². The molecule has 0 aliphatic carbocycles. The van der Waals surface area contributed by atoms with Crippen LogP contribution in [0.4, 0.5) is 5.69 Å². The zero-order valence-electron chi connectivity index (χ0n) is 13.3. The third-order valence-electron chi connectivity index (χ3n) is 3.45. The standard InChI is InChI=1S/C18H18Cl2N2O2/c1-13(23)22(17-7-5-15(19)6-8-17)12-18(24)21-10-9-14-3-2-4-16(20)11-14/h2-8,11H,9-10,12H2,1H3,(H,21,24). The summed E-state index contributed by atoms with van der Waals surface area (Å²) in [5.74, 6) is -0.426. The molecule has 0 heterocycles. The SMILES string of the molecule is CC(=O)N(CC(=O)NCCc1cccc(Cl)c1)c1ccc(Cl)cc1. The Bertz CT molecular complexity index is 717. The van der Waals surface area contributed by atoms with Crippen LogP contribution in [-0.2, 0) is 16.0 Å². The minimum Gasteiger partial charge on any atom is -0.354 e. The first-order valence-electron chi connectivity index (χ1n) is 7.50. The third kappa shape index (κ3) is 5.55. The number of benzene rings is 2. The summed E-state index contributed by atoms with van der Waals surface area (Å²) >= 11 is 11.8. The Morgan fingerprint density at radius 3 is 2.38 bits per heavy atom. The molecule has 2 aromatic rings. The van der Waals surface area contributed by atoms with Gasteiger partial charge in [0.25, 0.3) is 0 Å². The van der Waals surface area contributed by atoms with Gasteiger partial charge in [0.15, 0.2) is 0 Å². The van der Waals surface area contributed by atoms with E-state index < -0.39 is 0 Å². The van der Waals surface area contributed by atoms with Crippen molar-refractivity contribution in [3.63, 3.8) is 0 Å². The van der Waals surface area contributed by atoms with E-state index in [0.717, 1.165) is 5.56 Å². The van der Waals surface area contributed by atoms with Crippen LogP contribution in [-0.4, -0.2) is 24.9 Å². The predicted octanol–water partition coefficient (Wildman–Crippen LogP) is 3.71. The van der Waals surface area contributed by atoms with Gasteiger partial charge in [0, 0.05) is 29.2 Å². The number of halogens is 2. The second kappa shape index (κ2) is 8.71. The summed E-state index contributed by atoms with van der Waals surface area (Å²) in [5.41, 5.74) is 1.68. The van der Waals surface area contributed by atoms with Crippen molar-refractivity contribution in [2.45, 2.75) is 13.3 Å². The van der Waals surface area contributed by atoms with E-state index in [1.807, 2.05) is 18.2 Å². The van der Waals surface area contributed by atoms with Gasteiger partial charge < -0.3 is 10.2 Å². The van der Waals surface area contributed by atoms with Gasteiger partial charge in [0.05, 0.1) is 0 Å². The number of amides is 2. The van der Waals surface area contributed by atoms with E-state index in [9.17, 15) is 9.59 Å². The molecule has 0 aliphatic rings. The summed E-state index contributed by atoms with van der Waals surface area (Å²) in [4.78, 5) is 25.3. The number of hydrogen-bond acceptors (Lipinski definition) is 2. The van der Waals surface area contributed by atoms with Crippen molar-refractivity contribution in [2.75, 3.05) is 18.0 Å². The molecule has 0 aromatic heterocycles. The van der Waals surface area contributed by atoms with Crippen LogP contribution in [0.3, 0.4) is 0 Å². The molecule has 0 saturated carbocycles. The van der Waals surface area contributed by atoms with Crippen LogP contribution in [0.15, 0.2) is 48.5 Å². The minimum absolute atomic E-state index is 0.0352. The van der Waals surface area contributed by atoms with E-state index >= 15 is 0 Å². The van der Waals surface area contributed by atoms with E-state index in [0.29, 0.717) is 28.7 Å². The molecule has 0 unspecified atom stereocenters. The molecule has 0 radical (unpaired) electrons. The Morgan fingerprint density at radius 1 is 1.04 bits per heavy atom. The Kier molecular flexibility index (Phi) is 6.64. The van der Waals surface area contributed by atoms with E-state index in [-0.39, 0.29) is 18.4 Å². The number of carbonyl (C=O) groups excluding carboxylic acids is 2. The van der Waals surface area contributed by atoms with Crippen molar-refractivity contribution >= 4 is 40.7 Å². The first kappa shape index (κ1) is 18.3. The Hall–Kier alpha value is -2.04. The fourth-order valence-corrected chi connectivity index (χ4v) is 2.58. The molecule has 2 aromatic carbocycles. The van der Waals surface area contributed by atoms with Gasteiger partial charge in [-0.3, -0.25) is 9.59 Å². The summed E-state index contributed by atoms with van der Waals surface area (Å²) in [6, 6.07) is 14.3. The second-order valence-corrected chi connectivity index (χ2v) is 6.18. The lowest BCUT2D eigenvalue weighted by Crippen LogP contribution is -2.40. The predicted molar refractivity (Wildman–Crippen MR) is 97.6 cm³/mol. The largest absolute Gasteiger partial charge is 0.354 e. The summed E-state index contributed by atoms with van der Waals surface area (Å²) in [6.45, 7) is 1.87. The molecule has 2 amide bonds. The topological polar surface area (TPSA) is 49.4 Å². The van der Waals surface area contributed by atoms with Crippen LogP contribution in [0.25, 0.3) is 0 Å². The Morgan fingerprint density at radius 2 is 1.75 bits per heavy atom. The summed E-state index contributed by atoms with van der Waals surface area (Å²) < 4.78 is 0.